The average Bonchev–Trinajstić information content (AvgIpc) is 2.15. The normalized spacial score (nSPS) is 11.8. The molecule has 17 heavy (non-hydrogen) atoms. The molecule has 1 heterocycles. The number of aryl methyl sites for hydroxylation is 1. The van der Waals surface area contributed by atoms with E-state index in [2.05, 4.69) is 17.2 Å². The summed E-state index contributed by atoms with van der Waals surface area (Å²) in [5.41, 5.74) is 1.01. The van der Waals surface area contributed by atoms with Crippen LogP contribution in [0.4, 0.5) is 5.82 Å². The van der Waals surface area contributed by atoms with E-state index in [4.69, 9.17) is 0 Å². The van der Waals surface area contributed by atoms with E-state index in [1.807, 2.05) is 19.9 Å². The van der Waals surface area contributed by atoms with Gasteiger partial charge in [0.1, 0.15) is 5.82 Å². The molecule has 0 aliphatic rings. The van der Waals surface area contributed by atoms with Gasteiger partial charge >= 0.3 is 0 Å². The molecule has 0 aliphatic heterocycles. The molecule has 1 rings (SSSR count). The molecule has 0 saturated heterocycles. The van der Waals surface area contributed by atoms with E-state index >= 15 is 0 Å². The van der Waals surface area contributed by atoms with Crippen molar-refractivity contribution < 1.29 is 8.42 Å². The number of sulfone groups is 1. The zero-order valence-electron chi connectivity index (χ0n) is 10.8. The predicted octanol–water partition coefficient (Wildman–Crippen LogP) is 2.26. The topological polar surface area (TPSA) is 59.1 Å². The van der Waals surface area contributed by atoms with Crippen molar-refractivity contribution in [2.24, 2.45) is 0 Å². The first-order chi connectivity index (χ1) is 7.82. The molecular weight excluding hydrogens is 236 g/mol. The Kier molecular flexibility index (Phi) is 4.51. The van der Waals surface area contributed by atoms with Crippen LogP contribution in [0.1, 0.15) is 32.8 Å². The SMILES string of the molecule is CCCc1cc(NC(C)C)nc(S(C)(=O)=O)c1. The minimum absolute atomic E-state index is 0.145. The van der Waals surface area contributed by atoms with Gasteiger partial charge in [-0.15, -0.1) is 0 Å². The lowest BCUT2D eigenvalue weighted by atomic mass is 10.1. The van der Waals surface area contributed by atoms with Gasteiger partial charge in [-0.2, -0.15) is 0 Å². The first-order valence-corrected chi connectivity index (χ1v) is 7.69. The van der Waals surface area contributed by atoms with Gasteiger partial charge in [0.2, 0.25) is 0 Å². The van der Waals surface area contributed by atoms with Crippen molar-refractivity contribution >= 4 is 15.7 Å². The Morgan fingerprint density at radius 1 is 1.35 bits per heavy atom. The second-order valence-corrected chi connectivity index (χ2v) is 6.48. The van der Waals surface area contributed by atoms with Crippen LogP contribution in [0, 0.1) is 0 Å². The fraction of sp³-hybridized carbons (Fsp3) is 0.583. The van der Waals surface area contributed by atoms with Crippen LogP contribution in [0.25, 0.3) is 0 Å². The molecular formula is C12H20N2O2S. The molecule has 0 fully saturated rings. The summed E-state index contributed by atoms with van der Waals surface area (Å²) >= 11 is 0. The molecule has 0 aromatic carbocycles. The van der Waals surface area contributed by atoms with E-state index in [0.29, 0.717) is 5.82 Å². The van der Waals surface area contributed by atoms with Crippen molar-refractivity contribution in [3.05, 3.63) is 17.7 Å². The molecule has 4 nitrogen and oxygen atoms in total. The van der Waals surface area contributed by atoms with Crippen LogP contribution in [0.15, 0.2) is 17.2 Å². The molecule has 0 atom stereocenters. The summed E-state index contributed by atoms with van der Waals surface area (Å²) < 4.78 is 23.1. The number of hydrogen-bond donors (Lipinski definition) is 1. The number of rotatable bonds is 5. The number of nitrogens with zero attached hydrogens (tertiary/aromatic N) is 1. The minimum atomic E-state index is -3.25. The number of pyridine rings is 1. The van der Waals surface area contributed by atoms with E-state index < -0.39 is 9.84 Å². The maximum absolute atomic E-state index is 11.5. The molecule has 96 valence electrons. The van der Waals surface area contributed by atoms with Crippen molar-refractivity contribution in [3.8, 4) is 0 Å². The Bertz CT molecular complexity index is 481. The first kappa shape index (κ1) is 14.0. The smallest absolute Gasteiger partial charge is 0.192 e. The van der Waals surface area contributed by atoms with Gasteiger partial charge in [-0.1, -0.05) is 13.3 Å². The van der Waals surface area contributed by atoms with Gasteiger partial charge < -0.3 is 5.32 Å². The van der Waals surface area contributed by atoms with E-state index in [1.54, 1.807) is 6.07 Å². The van der Waals surface area contributed by atoms with Gasteiger partial charge in [-0.3, -0.25) is 0 Å². The molecule has 5 heteroatoms. The lowest BCUT2D eigenvalue weighted by molar-refractivity contribution is 0.598. The van der Waals surface area contributed by atoms with Crippen LogP contribution >= 0.6 is 0 Å². The average molecular weight is 256 g/mol. The third kappa shape index (κ3) is 4.34. The van der Waals surface area contributed by atoms with Crippen LogP contribution in [0.5, 0.6) is 0 Å². The lowest BCUT2D eigenvalue weighted by Gasteiger charge is -2.12. The Labute approximate surface area is 103 Å². The molecule has 1 aromatic heterocycles. The van der Waals surface area contributed by atoms with Crippen molar-refractivity contribution in [1.82, 2.24) is 4.98 Å². The summed E-state index contributed by atoms with van der Waals surface area (Å²) in [6.45, 7) is 6.05. The molecule has 0 spiro atoms. The molecule has 0 aliphatic carbocycles. The van der Waals surface area contributed by atoms with Crippen molar-refractivity contribution in [1.29, 1.82) is 0 Å². The molecule has 0 radical (unpaired) electrons. The fourth-order valence-electron chi connectivity index (χ4n) is 1.55. The van der Waals surface area contributed by atoms with E-state index in [9.17, 15) is 8.42 Å². The summed E-state index contributed by atoms with van der Waals surface area (Å²) in [5.74, 6) is 0.631. The molecule has 0 saturated carbocycles. The summed E-state index contributed by atoms with van der Waals surface area (Å²) in [4.78, 5) is 4.13. The van der Waals surface area contributed by atoms with Crippen molar-refractivity contribution in [2.45, 2.75) is 44.7 Å². The van der Waals surface area contributed by atoms with E-state index in [1.165, 1.54) is 6.26 Å². The quantitative estimate of drug-likeness (QED) is 0.878. The van der Waals surface area contributed by atoms with Gasteiger partial charge in [0.05, 0.1) is 0 Å². The third-order valence-corrected chi connectivity index (χ3v) is 3.19. The highest BCUT2D eigenvalue weighted by atomic mass is 32.2. The van der Waals surface area contributed by atoms with Crippen LogP contribution in [-0.2, 0) is 16.3 Å². The molecule has 0 bridgehead atoms. The zero-order chi connectivity index (χ0) is 13.1. The Morgan fingerprint density at radius 3 is 2.47 bits per heavy atom. The molecule has 1 N–H and O–H groups in total. The number of nitrogens with one attached hydrogen (secondary N) is 1. The Morgan fingerprint density at radius 2 is 2.00 bits per heavy atom. The van der Waals surface area contributed by atoms with Gasteiger partial charge in [0, 0.05) is 12.3 Å². The third-order valence-electron chi connectivity index (χ3n) is 2.22. The van der Waals surface area contributed by atoms with Gasteiger partial charge in [0.15, 0.2) is 14.9 Å². The Hall–Kier alpha value is -1.10. The highest BCUT2D eigenvalue weighted by molar-refractivity contribution is 7.90. The van der Waals surface area contributed by atoms with Crippen LogP contribution in [0.3, 0.4) is 0 Å². The van der Waals surface area contributed by atoms with Crippen molar-refractivity contribution in [2.75, 3.05) is 11.6 Å². The lowest BCUT2D eigenvalue weighted by Crippen LogP contribution is -2.13. The second kappa shape index (κ2) is 5.49. The zero-order valence-corrected chi connectivity index (χ0v) is 11.6. The highest BCUT2D eigenvalue weighted by Crippen LogP contribution is 2.16. The first-order valence-electron chi connectivity index (χ1n) is 5.80. The predicted molar refractivity (Wildman–Crippen MR) is 70.1 cm³/mol. The number of anilines is 1. The Balaban J connectivity index is 3.19. The molecule has 0 amide bonds. The van der Waals surface area contributed by atoms with E-state index in [0.717, 1.165) is 18.4 Å². The van der Waals surface area contributed by atoms with Crippen LogP contribution in [0.2, 0.25) is 0 Å². The van der Waals surface area contributed by atoms with E-state index in [-0.39, 0.29) is 11.1 Å². The van der Waals surface area contributed by atoms with Gasteiger partial charge in [-0.25, -0.2) is 13.4 Å². The van der Waals surface area contributed by atoms with Crippen molar-refractivity contribution in [3.63, 3.8) is 0 Å². The number of hydrogen-bond acceptors (Lipinski definition) is 4. The summed E-state index contributed by atoms with van der Waals surface area (Å²) in [7, 11) is -3.25. The standard InChI is InChI=1S/C12H20N2O2S/c1-5-6-10-7-11(13-9(2)3)14-12(8-10)17(4,15)16/h7-9H,5-6H2,1-4H3,(H,13,14). The van der Waals surface area contributed by atoms with Crippen LogP contribution < -0.4 is 5.32 Å². The second-order valence-electron chi connectivity index (χ2n) is 4.52. The number of aromatic nitrogens is 1. The molecule has 1 aromatic rings. The summed E-state index contributed by atoms with van der Waals surface area (Å²) in [5, 5.41) is 3.29. The maximum Gasteiger partial charge on any atom is 0.192 e. The summed E-state index contributed by atoms with van der Waals surface area (Å²) in [6.07, 6.45) is 3.02. The van der Waals surface area contributed by atoms with Crippen LogP contribution in [-0.4, -0.2) is 25.7 Å². The summed E-state index contributed by atoms with van der Waals surface area (Å²) in [6, 6.07) is 3.80. The monoisotopic (exact) mass is 256 g/mol. The highest BCUT2D eigenvalue weighted by Gasteiger charge is 2.12. The van der Waals surface area contributed by atoms with Gasteiger partial charge in [0.25, 0.3) is 0 Å². The van der Waals surface area contributed by atoms with Gasteiger partial charge in [-0.05, 0) is 38.0 Å². The molecule has 0 unspecified atom stereocenters. The largest absolute Gasteiger partial charge is 0.368 e. The minimum Gasteiger partial charge on any atom is -0.368 e. The fourth-order valence-corrected chi connectivity index (χ4v) is 2.18. The maximum atomic E-state index is 11.5.